The second kappa shape index (κ2) is 12.2. The van der Waals surface area contributed by atoms with Crippen molar-refractivity contribution in [1.82, 2.24) is 24.9 Å². The van der Waals surface area contributed by atoms with Crippen LogP contribution >= 0.6 is 23.2 Å². The van der Waals surface area contributed by atoms with Crippen LogP contribution in [-0.4, -0.2) is 24.9 Å². The van der Waals surface area contributed by atoms with E-state index < -0.39 is 0 Å². The van der Waals surface area contributed by atoms with Gasteiger partial charge in [0.1, 0.15) is 0 Å². The van der Waals surface area contributed by atoms with Crippen molar-refractivity contribution in [2.45, 2.75) is 0 Å². The first-order valence-corrected chi connectivity index (χ1v) is 14.7. The molecule has 0 aliphatic carbocycles. The molecule has 0 amide bonds. The molecule has 0 bridgehead atoms. The van der Waals surface area contributed by atoms with Gasteiger partial charge in [-0.05, 0) is 107 Å². The lowest BCUT2D eigenvalue weighted by Gasteiger charge is -2.12. The van der Waals surface area contributed by atoms with Gasteiger partial charge in [-0.25, -0.2) is 15.0 Å². The number of hydrogen-bond acceptors (Lipinski definition) is 5. The molecule has 210 valence electrons. The normalized spacial score (nSPS) is 11.0. The summed E-state index contributed by atoms with van der Waals surface area (Å²) in [5, 5.41) is 1.36. The van der Waals surface area contributed by atoms with Gasteiger partial charge in [-0.3, -0.25) is 9.97 Å². The zero-order valence-electron chi connectivity index (χ0n) is 23.3. The number of pyridine rings is 5. The van der Waals surface area contributed by atoms with Gasteiger partial charge in [-0.2, -0.15) is 0 Å². The molecule has 7 heteroatoms. The van der Waals surface area contributed by atoms with Crippen molar-refractivity contribution >= 4 is 23.2 Å². The van der Waals surface area contributed by atoms with Crippen molar-refractivity contribution in [2.24, 2.45) is 0 Å². The Hall–Kier alpha value is -5.23. The Balaban J connectivity index is 1.37. The summed E-state index contributed by atoms with van der Waals surface area (Å²) in [5.74, 6) is 0. The molecule has 0 atom stereocenters. The highest BCUT2D eigenvalue weighted by molar-refractivity contribution is 6.30. The number of hydrogen-bond donors (Lipinski definition) is 0. The van der Waals surface area contributed by atoms with Crippen molar-refractivity contribution in [1.29, 1.82) is 0 Å². The van der Waals surface area contributed by atoms with E-state index in [0.29, 0.717) is 21.4 Å². The molecule has 5 aromatic heterocycles. The van der Waals surface area contributed by atoms with Gasteiger partial charge in [-0.1, -0.05) is 65.7 Å². The molecule has 0 N–H and O–H groups in total. The topological polar surface area (TPSA) is 64.5 Å². The number of benzene rings is 2. The van der Waals surface area contributed by atoms with Gasteiger partial charge in [0.25, 0.3) is 0 Å². The third-order valence-electron chi connectivity index (χ3n) is 7.13. The molecule has 0 aliphatic rings. The Bertz CT molecular complexity index is 1920. The van der Waals surface area contributed by atoms with Crippen LogP contribution in [0.15, 0.2) is 140 Å². The Morgan fingerprint density at radius 3 is 1.07 bits per heavy atom. The van der Waals surface area contributed by atoms with E-state index in [-0.39, 0.29) is 0 Å². The number of aromatic nitrogens is 5. The lowest BCUT2D eigenvalue weighted by Crippen LogP contribution is -1.97. The minimum atomic E-state index is 0.681. The van der Waals surface area contributed by atoms with E-state index in [1.165, 1.54) is 0 Å². The molecule has 5 nitrogen and oxygen atoms in total. The van der Waals surface area contributed by atoms with Gasteiger partial charge in [0.15, 0.2) is 0 Å². The SMILES string of the molecule is Clc1ccc(-c2cc(-c3ccccn3)nc(-c3cccc(-c4cc(-c5ccc(Cl)cc5)cc(-c5ccccn5)n4)n3)c2)cc1. The molecule has 2 aromatic carbocycles. The van der Waals surface area contributed by atoms with Gasteiger partial charge < -0.3 is 0 Å². The first-order chi connectivity index (χ1) is 21.6. The second-order valence-corrected chi connectivity index (χ2v) is 11.0. The quantitative estimate of drug-likeness (QED) is 0.188. The summed E-state index contributed by atoms with van der Waals surface area (Å²) >= 11 is 12.4. The molecule has 0 fully saturated rings. The van der Waals surface area contributed by atoms with Crippen molar-refractivity contribution in [2.75, 3.05) is 0 Å². The minimum absolute atomic E-state index is 0.681. The van der Waals surface area contributed by atoms with Crippen LogP contribution in [0.2, 0.25) is 10.0 Å². The van der Waals surface area contributed by atoms with E-state index in [1.807, 2.05) is 127 Å². The average Bonchev–Trinajstić information content (AvgIpc) is 3.09. The van der Waals surface area contributed by atoms with E-state index >= 15 is 0 Å². The van der Waals surface area contributed by atoms with E-state index in [2.05, 4.69) is 9.97 Å². The first-order valence-electron chi connectivity index (χ1n) is 14.0. The molecular weight excluding hydrogens is 585 g/mol. The summed E-state index contributed by atoms with van der Waals surface area (Å²) in [6.07, 6.45) is 3.53. The molecule has 0 radical (unpaired) electrons. The fourth-order valence-corrected chi connectivity index (χ4v) is 5.20. The average molecular weight is 609 g/mol. The van der Waals surface area contributed by atoms with E-state index in [9.17, 15) is 0 Å². The van der Waals surface area contributed by atoms with Gasteiger partial charge in [0, 0.05) is 22.4 Å². The van der Waals surface area contributed by atoms with Gasteiger partial charge in [0.2, 0.25) is 0 Å². The molecule has 0 aliphatic heterocycles. The molecule has 44 heavy (non-hydrogen) atoms. The molecule has 7 rings (SSSR count). The summed E-state index contributed by atoms with van der Waals surface area (Å²) in [4.78, 5) is 24.2. The predicted octanol–water partition coefficient (Wildman–Crippen LogP) is 9.97. The van der Waals surface area contributed by atoms with Crippen LogP contribution in [0.25, 0.3) is 67.8 Å². The molecule has 7 aromatic rings. The fourth-order valence-electron chi connectivity index (χ4n) is 4.95. The summed E-state index contributed by atoms with van der Waals surface area (Å²) in [6.45, 7) is 0. The largest absolute Gasteiger partial charge is 0.255 e. The van der Waals surface area contributed by atoms with Crippen LogP contribution in [-0.2, 0) is 0 Å². The predicted molar refractivity (Wildman–Crippen MR) is 178 cm³/mol. The lowest BCUT2D eigenvalue weighted by atomic mass is 10.0. The molecule has 0 saturated carbocycles. The van der Waals surface area contributed by atoms with Crippen molar-refractivity contribution in [3.05, 3.63) is 150 Å². The van der Waals surface area contributed by atoms with Crippen LogP contribution in [0.5, 0.6) is 0 Å². The second-order valence-electron chi connectivity index (χ2n) is 10.1. The summed E-state index contributed by atoms with van der Waals surface area (Å²) in [7, 11) is 0. The maximum atomic E-state index is 6.19. The zero-order valence-corrected chi connectivity index (χ0v) is 24.8. The van der Waals surface area contributed by atoms with E-state index in [1.54, 1.807) is 12.4 Å². The summed E-state index contributed by atoms with van der Waals surface area (Å²) in [6, 6.07) is 41.2. The smallest absolute Gasteiger partial charge is 0.0900 e. The number of nitrogens with zero attached hydrogens (tertiary/aromatic N) is 5. The van der Waals surface area contributed by atoms with Crippen LogP contribution in [0.4, 0.5) is 0 Å². The minimum Gasteiger partial charge on any atom is -0.255 e. The maximum Gasteiger partial charge on any atom is 0.0900 e. The standard InChI is InChI=1S/C37H23Cl2N5/c38-28-14-10-24(11-15-28)26-20-34(30-6-1-3-18-40-30)43-36(22-26)32-8-5-9-33(42-32)37-23-27(25-12-16-29(39)17-13-25)21-35(44-37)31-7-2-4-19-41-31/h1-23H. The van der Waals surface area contributed by atoms with Crippen LogP contribution in [0, 0.1) is 0 Å². The third kappa shape index (κ3) is 5.97. The highest BCUT2D eigenvalue weighted by Gasteiger charge is 2.14. The van der Waals surface area contributed by atoms with Crippen molar-refractivity contribution in [3.63, 3.8) is 0 Å². The Morgan fingerprint density at radius 2 is 0.682 bits per heavy atom. The Morgan fingerprint density at radius 1 is 0.318 bits per heavy atom. The number of rotatable bonds is 6. The lowest BCUT2D eigenvalue weighted by molar-refractivity contribution is 1.20. The molecule has 0 spiro atoms. The third-order valence-corrected chi connectivity index (χ3v) is 7.64. The van der Waals surface area contributed by atoms with Crippen molar-refractivity contribution < 1.29 is 0 Å². The fraction of sp³-hybridized carbons (Fsp3) is 0. The van der Waals surface area contributed by atoms with Gasteiger partial charge in [0.05, 0.1) is 45.6 Å². The zero-order chi connectivity index (χ0) is 29.9. The van der Waals surface area contributed by atoms with Crippen LogP contribution in [0.3, 0.4) is 0 Å². The Labute approximate surface area is 264 Å². The van der Waals surface area contributed by atoms with Crippen LogP contribution < -0.4 is 0 Å². The van der Waals surface area contributed by atoms with E-state index in [0.717, 1.165) is 56.4 Å². The molecule has 5 heterocycles. The highest BCUT2D eigenvalue weighted by Crippen LogP contribution is 2.33. The summed E-state index contributed by atoms with van der Waals surface area (Å²) < 4.78 is 0. The maximum absolute atomic E-state index is 6.19. The van der Waals surface area contributed by atoms with Crippen molar-refractivity contribution in [3.8, 4) is 67.8 Å². The van der Waals surface area contributed by atoms with E-state index in [4.69, 9.17) is 38.2 Å². The van der Waals surface area contributed by atoms with Crippen LogP contribution in [0.1, 0.15) is 0 Å². The highest BCUT2D eigenvalue weighted by atomic mass is 35.5. The van der Waals surface area contributed by atoms with Gasteiger partial charge >= 0.3 is 0 Å². The molecule has 0 saturated heterocycles. The monoisotopic (exact) mass is 607 g/mol. The van der Waals surface area contributed by atoms with Gasteiger partial charge in [-0.15, -0.1) is 0 Å². The molecule has 0 unspecified atom stereocenters. The Kier molecular flexibility index (Phi) is 7.63. The summed E-state index contributed by atoms with van der Waals surface area (Å²) in [5.41, 5.74) is 9.93. The number of halogens is 2. The molecular formula is C37H23Cl2N5. The first kappa shape index (κ1) is 27.6.